The molecule has 2 unspecified atom stereocenters. The van der Waals surface area contributed by atoms with Crippen molar-refractivity contribution < 1.29 is 4.74 Å². The van der Waals surface area contributed by atoms with E-state index in [0.717, 1.165) is 24.7 Å². The number of para-hydroxylation sites is 1. The molecule has 1 saturated heterocycles. The summed E-state index contributed by atoms with van der Waals surface area (Å²) in [6, 6.07) is 6.91. The predicted octanol–water partition coefficient (Wildman–Crippen LogP) is 3.45. The fourth-order valence-corrected chi connectivity index (χ4v) is 5.70. The molecule has 6 heteroatoms. The molecular formula is C22H31N5O. The molecule has 2 aliphatic carbocycles. The Morgan fingerprint density at radius 1 is 1.14 bits per heavy atom. The van der Waals surface area contributed by atoms with Crippen LogP contribution < -0.4 is 5.32 Å². The molecule has 1 N–H and O–H groups in total. The first-order valence-corrected chi connectivity index (χ1v) is 10.7. The minimum atomic E-state index is -0.294. The number of nitrogens with zero attached hydrogens (tertiary/aromatic N) is 4. The Morgan fingerprint density at radius 3 is 2.43 bits per heavy atom. The van der Waals surface area contributed by atoms with Crippen LogP contribution >= 0.6 is 0 Å². The summed E-state index contributed by atoms with van der Waals surface area (Å²) in [5.74, 6) is 1.30. The predicted molar refractivity (Wildman–Crippen MR) is 107 cm³/mol. The first kappa shape index (κ1) is 18.3. The quantitative estimate of drug-likeness (QED) is 0.859. The molecule has 2 aromatic rings. The average molecular weight is 382 g/mol. The SMILES string of the molecule is Cc1cccc(C)c1-n1nnnc1C(C)(NC1CCC12CCCC2)C1COC1. The second kappa shape index (κ2) is 6.63. The van der Waals surface area contributed by atoms with Crippen molar-refractivity contribution in [1.29, 1.82) is 0 Å². The summed E-state index contributed by atoms with van der Waals surface area (Å²) in [4.78, 5) is 0. The summed E-state index contributed by atoms with van der Waals surface area (Å²) < 4.78 is 7.57. The van der Waals surface area contributed by atoms with Gasteiger partial charge < -0.3 is 10.1 Å². The molecule has 3 fully saturated rings. The van der Waals surface area contributed by atoms with Crippen LogP contribution in [-0.2, 0) is 10.3 Å². The average Bonchev–Trinajstić information content (AvgIpc) is 3.28. The summed E-state index contributed by atoms with van der Waals surface area (Å²) in [7, 11) is 0. The molecule has 2 saturated carbocycles. The third-order valence-electron chi connectivity index (χ3n) is 7.78. The molecule has 150 valence electrons. The van der Waals surface area contributed by atoms with E-state index in [4.69, 9.17) is 4.74 Å². The van der Waals surface area contributed by atoms with Gasteiger partial charge in [0.1, 0.15) is 0 Å². The lowest BCUT2D eigenvalue weighted by Crippen LogP contribution is -2.63. The first-order valence-electron chi connectivity index (χ1n) is 10.7. The third-order valence-corrected chi connectivity index (χ3v) is 7.78. The number of nitrogens with one attached hydrogen (secondary N) is 1. The van der Waals surface area contributed by atoms with E-state index in [9.17, 15) is 0 Å². The van der Waals surface area contributed by atoms with Crippen molar-refractivity contribution >= 4 is 0 Å². The van der Waals surface area contributed by atoms with Crippen molar-refractivity contribution in [2.75, 3.05) is 13.2 Å². The van der Waals surface area contributed by atoms with Gasteiger partial charge in [0.2, 0.25) is 0 Å². The van der Waals surface area contributed by atoms with Crippen LogP contribution in [0.1, 0.15) is 62.4 Å². The maximum absolute atomic E-state index is 5.60. The maximum atomic E-state index is 5.60. The highest BCUT2D eigenvalue weighted by atomic mass is 16.5. The van der Waals surface area contributed by atoms with Crippen LogP contribution in [0.25, 0.3) is 5.69 Å². The van der Waals surface area contributed by atoms with E-state index in [-0.39, 0.29) is 5.54 Å². The van der Waals surface area contributed by atoms with E-state index >= 15 is 0 Å². The Bertz CT molecular complexity index is 847. The number of hydrogen-bond acceptors (Lipinski definition) is 5. The summed E-state index contributed by atoms with van der Waals surface area (Å²) in [5.41, 5.74) is 3.69. The van der Waals surface area contributed by atoms with Crippen LogP contribution in [0.5, 0.6) is 0 Å². The van der Waals surface area contributed by atoms with E-state index < -0.39 is 0 Å². The van der Waals surface area contributed by atoms with Crippen molar-refractivity contribution in [3.63, 3.8) is 0 Å². The summed E-state index contributed by atoms with van der Waals surface area (Å²) in [6.45, 7) is 8.08. The van der Waals surface area contributed by atoms with Gasteiger partial charge in [-0.25, -0.2) is 0 Å². The second-order valence-electron chi connectivity index (χ2n) is 9.40. The van der Waals surface area contributed by atoms with Gasteiger partial charge in [-0.2, -0.15) is 4.68 Å². The normalized spacial score (nSPS) is 26.0. The van der Waals surface area contributed by atoms with Gasteiger partial charge in [-0.3, -0.25) is 0 Å². The smallest absolute Gasteiger partial charge is 0.176 e. The minimum Gasteiger partial charge on any atom is -0.381 e. The van der Waals surface area contributed by atoms with Crippen molar-refractivity contribution in [2.45, 2.75) is 70.9 Å². The van der Waals surface area contributed by atoms with Crippen molar-refractivity contribution in [1.82, 2.24) is 25.5 Å². The molecule has 2 atom stereocenters. The molecule has 1 spiro atoms. The number of aryl methyl sites for hydroxylation is 2. The van der Waals surface area contributed by atoms with Gasteiger partial charge in [0, 0.05) is 12.0 Å². The van der Waals surface area contributed by atoms with E-state index in [1.165, 1.54) is 49.7 Å². The number of benzene rings is 1. The maximum Gasteiger partial charge on any atom is 0.176 e. The molecule has 0 amide bonds. The largest absolute Gasteiger partial charge is 0.381 e. The van der Waals surface area contributed by atoms with E-state index in [1.54, 1.807) is 0 Å². The van der Waals surface area contributed by atoms with Gasteiger partial charge in [0.05, 0.1) is 24.4 Å². The van der Waals surface area contributed by atoms with Crippen LogP contribution in [0.4, 0.5) is 0 Å². The molecule has 1 aromatic carbocycles. The number of rotatable bonds is 5. The topological polar surface area (TPSA) is 64.9 Å². The summed E-state index contributed by atoms with van der Waals surface area (Å²) >= 11 is 0. The van der Waals surface area contributed by atoms with Gasteiger partial charge >= 0.3 is 0 Å². The lowest BCUT2D eigenvalue weighted by Gasteiger charge is -2.53. The van der Waals surface area contributed by atoms with E-state index in [0.29, 0.717) is 17.4 Å². The Kier molecular flexibility index (Phi) is 4.32. The fraction of sp³-hybridized carbons (Fsp3) is 0.682. The Hall–Kier alpha value is -1.79. The van der Waals surface area contributed by atoms with Gasteiger partial charge in [0.15, 0.2) is 5.82 Å². The van der Waals surface area contributed by atoms with Gasteiger partial charge in [-0.05, 0) is 73.4 Å². The molecule has 2 heterocycles. The standard InChI is InChI=1S/C22H31N5O/c1-15-7-6-8-16(2)19(15)27-20(24-25-26-27)21(3,17-13-28-14-17)23-18-9-12-22(18)10-4-5-11-22/h6-8,17-18,23H,4-5,9-14H2,1-3H3. The van der Waals surface area contributed by atoms with Crippen molar-refractivity contribution in [3.05, 3.63) is 35.2 Å². The fourth-order valence-electron chi connectivity index (χ4n) is 5.70. The molecular weight excluding hydrogens is 350 g/mol. The lowest BCUT2D eigenvalue weighted by atomic mass is 9.62. The van der Waals surface area contributed by atoms with Crippen LogP contribution in [0.3, 0.4) is 0 Å². The number of tetrazole rings is 1. The first-order chi connectivity index (χ1) is 13.5. The van der Waals surface area contributed by atoms with Crippen LogP contribution in [0, 0.1) is 25.2 Å². The highest BCUT2D eigenvalue weighted by Gasteiger charge is 2.53. The molecule has 6 nitrogen and oxygen atoms in total. The summed E-state index contributed by atoms with van der Waals surface area (Å²) in [6.07, 6.45) is 8.11. The highest BCUT2D eigenvalue weighted by molar-refractivity contribution is 5.47. The summed E-state index contributed by atoms with van der Waals surface area (Å²) in [5, 5.41) is 17.2. The van der Waals surface area contributed by atoms with Gasteiger partial charge in [-0.1, -0.05) is 31.0 Å². The Morgan fingerprint density at radius 2 is 1.86 bits per heavy atom. The van der Waals surface area contributed by atoms with Gasteiger partial charge in [0.25, 0.3) is 0 Å². The molecule has 1 aliphatic heterocycles. The minimum absolute atomic E-state index is 0.294. The number of hydrogen-bond donors (Lipinski definition) is 1. The van der Waals surface area contributed by atoms with E-state index in [1.807, 2.05) is 4.68 Å². The van der Waals surface area contributed by atoms with Crippen LogP contribution in [-0.4, -0.2) is 39.5 Å². The molecule has 5 rings (SSSR count). The zero-order valence-corrected chi connectivity index (χ0v) is 17.2. The second-order valence-corrected chi connectivity index (χ2v) is 9.40. The zero-order chi connectivity index (χ0) is 19.4. The molecule has 28 heavy (non-hydrogen) atoms. The highest BCUT2D eigenvalue weighted by Crippen LogP contribution is 2.54. The van der Waals surface area contributed by atoms with Crippen LogP contribution in [0.2, 0.25) is 0 Å². The lowest BCUT2D eigenvalue weighted by molar-refractivity contribution is -0.0939. The Balaban J connectivity index is 1.54. The third kappa shape index (κ3) is 2.65. The van der Waals surface area contributed by atoms with Crippen molar-refractivity contribution in [2.24, 2.45) is 11.3 Å². The molecule has 0 radical (unpaired) electrons. The molecule has 0 bridgehead atoms. The molecule has 3 aliphatic rings. The zero-order valence-electron chi connectivity index (χ0n) is 17.2. The van der Waals surface area contributed by atoms with Crippen molar-refractivity contribution in [3.8, 4) is 5.69 Å². The monoisotopic (exact) mass is 381 g/mol. The molecule has 1 aromatic heterocycles. The van der Waals surface area contributed by atoms with Crippen LogP contribution in [0.15, 0.2) is 18.2 Å². The Labute approximate surface area is 167 Å². The number of aromatic nitrogens is 4. The van der Waals surface area contributed by atoms with E-state index in [2.05, 4.69) is 59.8 Å². The van der Waals surface area contributed by atoms with Gasteiger partial charge in [-0.15, -0.1) is 5.10 Å². The number of ether oxygens (including phenoxy) is 1.